The average molecular weight is 422 g/mol. The maximum absolute atomic E-state index is 14.4. The van der Waals surface area contributed by atoms with Crippen molar-refractivity contribution in [3.8, 4) is 5.69 Å². The van der Waals surface area contributed by atoms with Gasteiger partial charge in [-0.3, -0.25) is 19.3 Å². The van der Waals surface area contributed by atoms with Crippen molar-refractivity contribution < 1.29 is 23.5 Å². The molecular formula is C22H19FN4O4. The van der Waals surface area contributed by atoms with Crippen molar-refractivity contribution in [3.05, 3.63) is 77.4 Å². The van der Waals surface area contributed by atoms with Gasteiger partial charge in [-0.15, -0.1) is 0 Å². The van der Waals surface area contributed by atoms with Crippen LogP contribution < -0.4 is 5.32 Å². The number of carbonyl (C=O) groups excluding carboxylic acids is 3. The second kappa shape index (κ2) is 8.49. The Morgan fingerprint density at radius 3 is 2.65 bits per heavy atom. The highest BCUT2D eigenvalue weighted by Crippen LogP contribution is 2.25. The molecule has 3 aromatic rings. The topological polar surface area (TPSA) is 93.5 Å². The molecule has 0 saturated heterocycles. The maximum Gasteiger partial charge on any atom is 0.261 e. The fourth-order valence-corrected chi connectivity index (χ4v) is 3.39. The van der Waals surface area contributed by atoms with Gasteiger partial charge < -0.3 is 10.1 Å². The van der Waals surface area contributed by atoms with E-state index in [2.05, 4.69) is 10.4 Å². The standard InChI is InChI=1S/C22H19FN4O4/c1-31-11-3-9-26-21(29)16-6-4-14(12-17(16)22(26)30)20(28)25-15-5-7-19(18(23)13-15)27-10-2-8-24-27/h2,4-8,10,12-13H,3,9,11H2,1H3,(H,25,28). The first-order valence-corrected chi connectivity index (χ1v) is 9.59. The van der Waals surface area contributed by atoms with Crippen LogP contribution in [0.5, 0.6) is 0 Å². The molecule has 1 aromatic heterocycles. The number of hydrogen-bond acceptors (Lipinski definition) is 5. The van der Waals surface area contributed by atoms with Gasteiger partial charge in [-0.1, -0.05) is 0 Å². The van der Waals surface area contributed by atoms with Gasteiger partial charge in [-0.2, -0.15) is 5.10 Å². The van der Waals surface area contributed by atoms with Crippen LogP contribution in [0.2, 0.25) is 0 Å². The molecule has 0 bridgehead atoms. The Balaban J connectivity index is 1.50. The van der Waals surface area contributed by atoms with Crippen LogP contribution in [0.25, 0.3) is 5.69 Å². The molecule has 9 heteroatoms. The first-order chi connectivity index (χ1) is 15.0. The lowest BCUT2D eigenvalue weighted by atomic mass is 10.1. The number of aromatic nitrogens is 2. The van der Waals surface area contributed by atoms with Gasteiger partial charge in [-0.25, -0.2) is 9.07 Å². The summed E-state index contributed by atoms with van der Waals surface area (Å²) in [5.74, 6) is -1.91. The van der Waals surface area contributed by atoms with Gasteiger partial charge in [0, 0.05) is 43.9 Å². The van der Waals surface area contributed by atoms with Crippen LogP contribution in [-0.2, 0) is 4.74 Å². The lowest BCUT2D eigenvalue weighted by Crippen LogP contribution is -2.31. The van der Waals surface area contributed by atoms with Crippen LogP contribution in [0.15, 0.2) is 54.9 Å². The molecule has 2 heterocycles. The van der Waals surface area contributed by atoms with Gasteiger partial charge in [0.2, 0.25) is 0 Å². The highest BCUT2D eigenvalue weighted by molar-refractivity contribution is 6.22. The number of amides is 3. The fourth-order valence-electron chi connectivity index (χ4n) is 3.39. The Labute approximate surface area is 177 Å². The molecule has 0 fully saturated rings. The zero-order valence-electron chi connectivity index (χ0n) is 16.7. The van der Waals surface area contributed by atoms with E-state index in [1.807, 2.05) is 0 Å². The Morgan fingerprint density at radius 1 is 1.13 bits per heavy atom. The van der Waals surface area contributed by atoms with Crippen LogP contribution in [0.1, 0.15) is 37.5 Å². The molecule has 31 heavy (non-hydrogen) atoms. The van der Waals surface area contributed by atoms with Gasteiger partial charge in [0.05, 0.1) is 11.1 Å². The van der Waals surface area contributed by atoms with Crippen molar-refractivity contribution in [1.29, 1.82) is 0 Å². The van der Waals surface area contributed by atoms with Gasteiger partial charge in [0.1, 0.15) is 5.69 Å². The van der Waals surface area contributed by atoms with Crippen LogP contribution in [0, 0.1) is 5.82 Å². The summed E-state index contributed by atoms with van der Waals surface area (Å²) in [6.07, 6.45) is 3.67. The summed E-state index contributed by atoms with van der Waals surface area (Å²) in [5, 5.41) is 6.59. The molecule has 158 valence electrons. The number of methoxy groups -OCH3 is 1. The lowest BCUT2D eigenvalue weighted by Gasteiger charge is -2.12. The molecule has 0 radical (unpaired) electrons. The maximum atomic E-state index is 14.4. The van der Waals surface area contributed by atoms with E-state index in [9.17, 15) is 18.8 Å². The van der Waals surface area contributed by atoms with Gasteiger partial charge in [-0.05, 0) is 48.9 Å². The van der Waals surface area contributed by atoms with Crippen molar-refractivity contribution in [2.24, 2.45) is 0 Å². The van der Waals surface area contributed by atoms with Crippen LogP contribution in [0.3, 0.4) is 0 Å². The van der Waals surface area contributed by atoms with E-state index in [0.29, 0.717) is 13.0 Å². The van der Waals surface area contributed by atoms with Gasteiger partial charge in [0.15, 0.2) is 5.82 Å². The van der Waals surface area contributed by atoms with E-state index < -0.39 is 17.6 Å². The molecule has 2 aromatic carbocycles. The number of halogens is 1. The largest absolute Gasteiger partial charge is 0.385 e. The molecule has 8 nitrogen and oxygen atoms in total. The molecule has 1 N–H and O–H groups in total. The van der Waals surface area contributed by atoms with Crippen molar-refractivity contribution in [3.63, 3.8) is 0 Å². The Hall–Kier alpha value is -3.85. The number of rotatable bonds is 7. The van der Waals surface area contributed by atoms with Crippen molar-refractivity contribution >= 4 is 23.4 Å². The Kier molecular flexibility index (Phi) is 5.59. The summed E-state index contributed by atoms with van der Waals surface area (Å²) in [7, 11) is 1.55. The Bertz CT molecular complexity index is 1160. The molecule has 3 amide bonds. The Morgan fingerprint density at radius 2 is 1.94 bits per heavy atom. The number of benzene rings is 2. The van der Waals surface area contributed by atoms with E-state index in [0.717, 1.165) is 4.90 Å². The lowest BCUT2D eigenvalue weighted by molar-refractivity contribution is 0.0638. The van der Waals surface area contributed by atoms with E-state index in [1.54, 1.807) is 25.4 Å². The zero-order valence-corrected chi connectivity index (χ0v) is 16.7. The third-order valence-corrected chi connectivity index (χ3v) is 4.92. The minimum atomic E-state index is -0.553. The van der Waals surface area contributed by atoms with E-state index in [-0.39, 0.29) is 40.5 Å². The number of imide groups is 1. The minimum absolute atomic E-state index is 0.176. The number of hydrogen-bond donors (Lipinski definition) is 1. The number of ether oxygens (including phenoxy) is 1. The predicted octanol–water partition coefficient (Wildman–Crippen LogP) is 2.90. The quantitative estimate of drug-likeness (QED) is 0.467. The van der Waals surface area contributed by atoms with Crippen LogP contribution in [0.4, 0.5) is 10.1 Å². The summed E-state index contributed by atoms with van der Waals surface area (Å²) in [6, 6.07) is 10.2. The molecule has 0 aliphatic carbocycles. The molecular weight excluding hydrogens is 403 g/mol. The minimum Gasteiger partial charge on any atom is -0.385 e. The number of anilines is 1. The third-order valence-electron chi connectivity index (χ3n) is 4.92. The third kappa shape index (κ3) is 3.95. The van der Waals surface area contributed by atoms with Crippen LogP contribution in [-0.4, -0.2) is 52.7 Å². The number of nitrogens with one attached hydrogen (secondary N) is 1. The van der Waals surface area contributed by atoms with Gasteiger partial charge in [0.25, 0.3) is 17.7 Å². The normalized spacial score (nSPS) is 12.9. The second-order valence-corrected chi connectivity index (χ2v) is 6.94. The smallest absolute Gasteiger partial charge is 0.261 e. The average Bonchev–Trinajstić information content (AvgIpc) is 3.37. The summed E-state index contributed by atoms with van der Waals surface area (Å²) in [4.78, 5) is 38.8. The summed E-state index contributed by atoms with van der Waals surface area (Å²) < 4.78 is 20.7. The van der Waals surface area contributed by atoms with Crippen molar-refractivity contribution in [2.45, 2.75) is 6.42 Å². The van der Waals surface area contributed by atoms with Crippen molar-refractivity contribution in [1.82, 2.24) is 14.7 Å². The highest BCUT2D eigenvalue weighted by atomic mass is 19.1. The summed E-state index contributed by atoms with van der Waals surface area (Å²) in [6.45, 7) is 0.667. The highest BCUT2D eigenvalue weighted by Gasteiger charge is 2.35. The first kappa shape index (κ1) is 20.4. The molecule has 0 spiro atoms. The van der Waals surface area contributed by atoms with Crippen LogP contribution >= 0.6 is 0 Å². The fraction of sp³-hybridized carbons (Fsp3) is 0.182. The van der Waals surface area contributed by atoms with Gasteiger partial charge >= 0.3 is 0 Å². The van der Waals surface area contributed by atoms with E-state index >= 15 is 0 Å². The monoisotopic (exact) mass is 422 g/mol. The molecule has 0 unspecified atom stereocenters. The SMILES string of the molecule is COCCCN1C(=O)c2ccc(C(=O)Nc3ccc(-n4cccn4)c(F)c3)cc2C1=O. The predicted molar refractivity (Wildman–Crippen MR) is 110 cm³/mol. The zero-order chi connectivity index (χ0) is 22.0. The number of nitrogens with zero attached hydrogens (tertiary/aromatic N) is 3. The molecule has 1 aliphatic rings. The molecule has 0 atom stereocenters. The number of fused-ring (bicyclic) bond motifs is 1. The molecule has 1 aliphatic heterocycles. The molecule has 0 saturated carbocycles. The first-order valence-electron chi connectivity index (χ1n) is 9.59. The second-order valence-electron chi connectivity index (χ2n) is 6.94. The summed E-state index contributed by atoms with van der Waals surface area (Å²) in [5.41, 5.74) is 1.12. The van der Waals surface area contributed by atoms with E-state index in [1.165, 1.54) is 41.2 Å². The summed E-state index contributed by atoms with van der Waals surface area (Å²) >= 11 is 0. The number of carbonyl (C=O) groups is 3. The molecule has 4 rings (SSSR count). The van der Waals surface area contributed by atoms with Crippen molar-refractivity contribution in [2.75, 3.05) is 25.6 Å². The van der Waals surface area contributed by atoms with E-state index in [4.69, 9.17) is 4.74 Å².